The van der Waals surface area contributed by atoms with E-state index in [-0.39, 0.29) is 51.4 Å². The van der Waals surface area contributed by atoms with Crippen LogP contribution in [0.1, 0.15) is 50.7 Å². The van der Waals surface area contributed by atoms with Crippen LogP contribution in [0, 0.1) is 5.82 Å². The number of nitrogens with two attached hydrogens (primary N) is 1. The van der Waals surface area contributed by atoms with Gasteiger partial charge in [-0.05, 0) is 54.3 Å². The van der Waals surface area contributed by atoms with Gasteiger partial charge in [0, 0.05) is 0 Å². The molecule has 4 N–H and O–H groups in total. The Balaban J connectivity index is 0.00000380. The van der Waals surface area contributed by atoms with Gasteiger partial charge < -0.3 is 10.4 Å². The Bertz CT molecular complexity index is 1550. The van der Waals surface area contributed by atoms with Crippen molar-refractivity contribution < 1.29 is 60.7 Å². The second-order valence-electron chi connectivity index (χ2n) is 8.70. The van der Waals surface area contributed by atoms with Crippen LogP contribution in [-0.2, 0) is 30.4 Å². The van der Waals surface area contributed by atoms with Gasteiger partial charge in [0.05, 0.1) is 22.4 Å². The zero-order valence-electron chi connectivity index (χ0n) is 20.5. The van der Waals surface area contributed by atoms with Crippen LogP contribution in [0.3, 0.4) is 0 Å². The number of amidine groups is 1. The van der Waals surface area contributed by atoms with Crippen LogP contribution in [0.5, 0.6) is 0 Å². The zero-order chi connectivity index (χ0) is 26.5. The summed E-state index contributed by atoms with van der Waals surface area (Å²) >= 11 is 0. The van der Waals surface area contributed by atoms with Crippen molar-refractivity contribution >= 4 is 49.0 Å². The van der Waals surface area contributed by atoms with Crippen molar-refractivity contribution in [3.63, 3.8) is 0 Å². The fraction of sp³-hybridized carbons (Fsp3) is 0.304. The summed E-state index contributed by atoms with van der Waals surface area (Å²) in [6.07, 6.45) is 1.92. The van der Waals surface area contributed by atoms with Crippen molar-refractivity contribution in [1.29, 1.82) is 0 Å². The first-order chi connectivity index (χ1) is 16.8. The molecule has 1 aliphatic carbocycles. The van der Waals surface area contributed by atoms with Crippen molar-refractivity contribution in [2.75, 3.05) is 10.0 Å². The van der Waals surface area contributed by atoms with Gasteiger partial charge in [0.1, 0.15) is 10.7 Å². The number of fused-ring (bicyclic) bond motifs is 2. The van der Waals surface area contributed by atoms with Gasteiger partial charge in [0.15, 0.2) is 11.6 Å². The molecule has 0 unspecified atom stereocenters. The van der Waals surface area contributed by atoms with Gasteiger partial charge in [-0.2, -0.15) is 16.8 Å². The van der Waals surface area contributed by atoms with Crippen LogP contribution in [0.15, 0.2) is 51.3 Å². The number of hydrogen-bond acceptors (Lipinski definition) is 7. The minimum atomic E-state index is -4.46. The molecule has 1 heterocycles. The molecule has 0 amide bonds. The number of hydrogen-bond donors (Lipinski definition) is 3. The van der Waals surface area contributed by atoms with E-state index in [4.69, 9.17) is 5.14 Å². The molecule has 1 aliphatic heterocycles. The SMILES string of the molecule is CCCC1(CCC)C(=O)C(C2=NS(=O)(=O)c3cc(NS(N)(=O)=O)ccc3N2)=C([O-])c2cc(F)ccc21.[Na+]. The maximum absolute atomic E-state index is 14.2. The average molecular weight is 559 g/mol. The molecule has 0 saturated heterocycles. The van der Waals surface area contributed by atoms with E-state index >= 15 is 0 Å². The molecule has 2 aromatic carbocycles. The molecule has 2 aromatic rings. The maximum atomic E-state index is 14.2. The summed E-state index contributed by atoms with van der Waals surface area (Å²) in [7, 11) is -8.63. The number of Topliss-reactive ketones (excluding diaryl/α,β-unsaturated/α-hetero) is 1. The Morgan fingerprint density at radius 3 is 2.38 bits per heavy atom. The molecular weight excluding hydrogens is 534 g/mol. The van der Waals surface area contributed by atoms with E-state index in [1.807, 2.05) is 18.6 Å². The van der Waals surface area contributed by atoms with Crippen molar-refractivity contribution in [1.82, 2.24) is 0 Å². The number of benzene rings is 2. The van der Waals surface area contributed by atoms with Gasteiger partial charge in [0.25, 0.3) is 20.2 Å². The normalized spacial score (nSPS) is 17.6. The summed E-state index contributed by atoms with van der Waals surface area (Å²) in [6.45, 7) is 3.77. The summed E-state index contributed by atoms with van der Waals surface area (Å²) in [5, 5.41) is 21.2. The van der Waals surface area contributed by atoms with Crippen LogP contribution < -0.4 is 49.8 Å². The molecule has 0 atom stereocenters. The third-order valence-corrected chi connectivity index (χ3v) is 8.04. The number of halogens is 1. The van der Waals surface area contributed by atoms with Crippen LogP contribution in [0.2, 0.25) is 0 Å². The number of sulfonamides is 1. The molecule has 0 bridgehead atoms. The molecule has 2 aliphatic rings. The van der Waals surface area contributed by atoms with Gasteiger partial charge in [0.2, 0.25) is 0 Å². The number of carbonyl (C=O) groups is 1. The standard InChI is InChI=1S/C23H25FN4O6S2.Na/c1-3-9-23(10-4-2)16-7-5-13(24)11-15(16)20(29)19(21(23)30)22-26-17-8-6-14(27-36(25,33)34)12-18(17)35(31,32)28-22;/h5-8,11-12,27,29H,3-4,9-10H2,1-2H3,(H,26,28)(H2,25,33,34);/q;+1/p-1. The molecule has 10 nitrogen and oxygen atoms in total. The first-order valence-corrected chi connectivity index (χ1v) is 14.1. The Hall–Kier alpha value is -2.29. The molecule has 0 aromatic heterocycles. The third-order valence-electron chi connectivity index (χ3n) is 6.21. The van der Waals surface area contributed by atoms with Gasteiger partial charge in [-0.15, -0.1) is 4.40 Å². The first-order valence-electron chi connectivity index (χ1n) is 11.2. The smallest absolute Gasteiger partial charge is 0.871 e. The number of ketones is 1. The molecule has 4 rings (SSSR count). The fourth-order valence-corrected chi connectivity index (χ4v) is 6.51. The van der Waals surface area contributed by atoms with E-state index in [2.05, 4.69) is 9.71 Å². The van der Waals surface area contributed by atoms with E-state index in [1.54, 1.807) is 0 Å². The minimum absolute atomic E-state index is 0. The second-order valence-corrected chi connectivity index (χ2v) is 11.6. The molecule has 192 valence electrons. The number of anilines is 2. The van der Waals surface area contributed by atoms with E-state index in [9.17, 15) is 31.1 Å². The maximum Gasteiger partial charge on any atom is 1.00 e. The molecule has 14 heteroatoms. The van der Waals surface area contributed by atoms with E-state index in [0.717, 1.165) is 12.1 Å². The van der Waals surface area contributed by atoms with Crippen molar-refractivity contribution in [2.45, 2.75) is 49.8 Å². The van der Waals surface area contributed by atoms with Crippen LogP contribution >= 0.6 is 0 Å². The largest absolute Gasteiger partial charge is 1.00 e. The van der Waals surface area contributed by atoms with Crippen molar-refractivity contribution in [3.8, 4) is 0 Å². The Morgan fingerprint density at radius 2 is 1.78 bits per heavy atom. The van der Waals surface area contributed by atoms with E-state index < -0.39 is 54.4 Å². The second kappa shape index (κ2) is 10.5. The summed E-state index contributed by atoms with van der Waals surface area (Å²) in [5.41, 5.74) is -1.33. The predicted octanol–water partition coefficient (Wildman–Crippen LogP) is -0.850. The summed E-state index contributed by atoms with van der Waals surface area (Å²) in [4.78, 5) is 13.6. The van der Waals surface area contributed by atoms with Gasteiger partial charge in [-0.3, -0.25) is 9.52 Å². The number of carbonyl (C=O) groups excluding carboxylic acids is 1. The fourth-order valence-electron chi connectivity index (χ4n) is 4.91. The molecule has 0 radical (unpaired) electrons. The quantitative estimate of drug-likeness (QED) is 0.372. The Labute approximate surface area is 236 Å². The first kappa shape index (κ1) is 29.3. The monoisotopic (exact) mass is 558 g/mol. The van der Waals surface area contributed by atoms with Crippen LogP contribution in [-0.4, -0.2) is 28.5 Å². The topological polar surface area (TPSA) is 171 Å². The number of rotatable bonds is 7. The van der Waals surface area contributed by atoms with Crippen LogP contribution in [0.25, 0.3) is 5.76 Å². The number of nitrogens with zero attached hydrogens (tertiary/aromatic N) is 1. The predicted molar refractivity (Wildman–Crippen MR) is 131 cm³/mol. The number of nitrogens with one attached hydrogen (secondary N) is 2. The van der Waals surface area contributed by atoms with Crippen molar-refractivity contribution in [2.24, 2.45) is 9.54 Å². The molecule has 0 fully saturated rings. The summed E-state index contributed by atoms with van der Waals surface area (Å²) < 4.78 is 68.6. The summed E-state index contributed by atoms with van der Waals surface area (Å²) in [6, 6.07) is 7.24. The minimum Gasteiger partial charge on any atom is -0.871 e. The van der Waals surface area contributed by atoms with E-state index in [1.165, 1.54) is 24.3 Å². The van der Waals surface area contributed by atoms with Gasteiger partial charge in [-0.25, -0.2) is 9.53 Å². The Morgan fingerprint density at radius 1 is 1.14 bits per heavy atom. The molecule has 0 spiro atoms. The Kier molecular flexibility index (Phi) is 8.28. The van der Waals surface area contributed by atoms with Gasteiger partial charge >= 0.3 is 29.6 Å². The third kappa shape index (κ3) is 5.33. The van der Waals surface area contributed by atoms with Crippen LogP contribution in [0.4, 0.5) is 15.8 Å². The van der Waals surface area contributed by atoms with Gasteiger partial charge in [-0.1, -0.05) is 38.5 Å². The van der Waals surface area contributed by atoms with Crippen molar-refractivity contribution in [3.05, 3.63) is 58.9 Å². The average Bonchev–Trinajstić information content (AvgIpc) is 2.77. The summed E-state index contributed by atoms with van der Waals surface area (Å²) in [5.74, 6) is -2.53. The molecule has 0 saturated carbocycles. The molecular formula is C23H24FN4NaO6S2. The van der Waals surface area contributed by atoms with E-state index in [0.29, 0.717) is 31.2 Å². The molecule has 37 heavy (non-hydrogen) atoms. The zero-order valence-corrected chi connectivity index (χ0v) is 24.1.